The van der Waals surface area contributed by atoms with Gasteiger partial charge in [0.1, 0.15) is 0 Å². The fraction of sp³-hybridized carbons (Fsp3) is 0.226. The van der Waals surface area contributed by atoms with Crippen molar-refractivity contribution in [2.24, 2.45) is 0 Å². The molecule has 0 fully saturated rings. The molecule has 1 unspecified atom stereocenters. The van der Waals surface area contributed by atoms with Crippen molar-refractivity contribution in [2.75, 3.05) is 0 Å². The highest BCUT2D eigenvalue weighted by molar-refractivity contribution is 5.88. The van der Waals surface area contributed by atoms with Crippen molar-refractivity contribution in [1.82, 2.24) is 0 Å². The van der Waals surface area contributed by atoms with E-state index in [4.69, 9.17) is 0 Å². The molecule has 1 aliphatic carbocycles. The first-order chi connectivity index (χ1) is 15.2. The Hall–Kier alpha value is -3.12. The molecule has 0 nitrogen and oxygen atoms in total. The zero-order valence-electron chi connectivity index (χ0n) is 19.0. The zero-order valence-corrected chi connectivity index (χ0v) is 19.0. The molecule has 0 heterocycles. The van der Waals surface area contributed by atoms with Crippen molar-refractivity contribution >= 4 is 0 Å². The summed E-state index contributed by atoms with van der Waals surface area (Å²) in [6, 6.07) is 24.7. The lowest BCUT2D eigenvalue weighted by Gasteiger charge is -2.37. The summed E-state index contributed by atoms with van der Waals surface area (Å²) in [7, 11) is 0. The molecule has 0 saturated heterocycles. The predicted octanol–water partition coefficient (Wildman–Crippen LogP) is 8.34. The van der Waals surface area contributed by atoms with Crippen LogP contribution in [-0.4, -0.2) is 0 Å². The van der Waals surface area contributed by atoms with Crippen LogP contribution in [0.1, 0.15) is 54.5 Å². The molecule has 0 aliphatic heterocycles. The number of hydrogen-bond donors (Lipinski definition) is 0. The number of rotatable bonds is 7. The minimum atomic E-state index is -0.345. The smallest absolute Gasteiger partial charge is 0.0718 e. The van der Waals surface area contributed by atoms with Crippen molar-refractivity contribution in [3.05, 3.63) is 131 Å². The summed E-state index contributed by atoms with van der Waals surface area (Å²) in [6.45, 7) is 10.7. The largest absolute Gasteiger partial charge is 0.0991 e. The highest BCUT2D eigenvalue weighted by Crippen LogP contribution is 2.58. The average molecular weight is 405 g/mol. The van der Waals surface area contributed by atoms with Gasteiger partial charge in [-0.1, -0.05) is 111 Å². The maximum Gasteiger partial charge on any atom is 0.0718 e. The normalized spacial score (nSPS) is 17.6. The molecule has 3 aromatic rings. The van der Waals surface area contributed by atoms with Crippen molar-refractivity contribution in [3.63, 3.8) is 0 Å². The second-order valence-corrected chi connectivity index (χ2v) is 8.41. The molecular weight excluding hydrogens is 372 g/mol. The van der Waals surface area contributed by atoms with E-state index in [9.17, 15) is 0 Å². The molecule has 156 valence electrons. The Balaban J connectivity index is 2.22. The number of hydrogen-bond acceptors (Lipinski definition) is 0. The molecule has 31 heavy (non-hydrogen) atoms. The van der Waals surface area contributed by atoms with E-state index in [0.717, 1.165) is 6.42 Å². The van der Waals surface area contributed by atoms with Crippen LogP contribution in [0.25, 0.3) is 11.1 Å². The predicted molar refractivity (Wildman–Crippen MR) is 135 cm³/mol. The summed E-state index contributed by atoms with van der Waals surface area (Å²) in [5.74, 6) is 0. The molecule has 0 saturated carbocycles. The van der Waals surface area contributed by atoms with E-state index in [1.807, 2.05) is 6.08 Å². The minimum absolute atomic E-state index is 0.345. The van der Waals surface area contributed by atoms with E-state index >= 15 is 0 Å². The van der Waals surface area contributed by atoms with Gasteiger partial charge in [0.15, 0.2) is 0 Å². The Morgan fingerprint density at radius 1 is 0.903 bits per heavy atom. The Morgan fingerprint density at radius 2 is 1.61 bits per heavy atom. The first-order valence-electron chi connectivity index (χ1n) is 11.4. The maximum absolute atomic E-state index is 4.08. The molecule has 0 heteroatoms. The van der Waals surface area contributed by atoms with Gasteiger partial charge in [-0.2, -0.15) is 0 Å². The van der Waals surface area contributed by atoms with Gasteiger partial charge in [0, 0.05) is 0 Å². The van der Waals surface area contributed by atoms with Gasteiger partial charge in [-0.25, -0.2) is 0 Å². The third-order valence-corrected chi connectivity index (χ3v) is 6.57. The first kappa shape index (κ1) is 21.1. The fourth-order valence-electron chi connectivity index (χ4n) is 5.36. The standard InChI is InChI=1S/C31H32/c1-5-8-17-24-18-13-20-27-26-19-10-12-22-29(26)31(30(24)27,25(14-6-2)15-7-3)28-21-11-9-16-23(28)4/h6-7,9-16,18-22H,2,5,8,17H2,1,3-4H3/b15-7-,25-14+. The van der Waals surface area contributed by atoms with Crippen LogP contribution in [-0.2, 0) is 11.8 Å². The second-order valence-electron chi connectivity index (χ2n) is 8.41. The van der Waals surface area contributed by atoms with Crippen LogP contribution in [0.2, 0.25) is 0 Å². The Bertz CT molecular complexity index is 1160. The van der Waals surface area contributed by atoms with Crippen LogP contribution < -0.4 is 0 Å². The molecule has 0 N–H and O–H groups in total. The maximum atomic E-state index is 4.08. The number of aryl methyl sites for hydroxylation is 2. The number of fused-ring (bicyclic) bond motifs is 3. The van der Waals surface area contributed by atoms with E-state index in [0.29, 0.717) is 0 Å². The second kappa shape index (κ2) is 8.94. The van der Waals surface area contributed by atoms with Gasteiger partial charge in [0.2, 0.25) is 0 Å². The molecule has 0 bridgehead atoms. The quantitative estimate of drug-likeness (QED) is 0.347. The van der Waals surface area contributed by atoms with Crippen molar-refractivity contribution < 1.29 is 0 Å². The molecule has 0 radical (unpaired) electrons. The number of allylic oxidation sites excluding steroid dienone is 5. The summed E-state index contributed by atoms with van der Waals surface area (Å²) in [6.07, 6.45) is 12.1. The highest BCUT2D eigenvalue weighted by atomic mass is 14.5. The van der Waals surface area contributed by atoms with E-state index in [2.05, 4.69) is 112 Å². The third kappa shape index (κ3) is 3.31. The van der Waals surface area contributed by atoms with Gasteiger partial charge >= 0.3 is 0 Å². The molecule has 0 aromatic heterocycles. The van der Waals surface area contributed by atoms with Crippen LogP contribution >= 0.6 is 0 Å². The van der Waals surface area contributed by atoms with Crippen LogP contribution in [0.3, 0.4) is 0 Å². The summed E-state index contributed by atoms with van der Waals surface area (Å²) in [4.78, 5) is 0. The van der Waals surface area contributed by atoms with E-state index in [1.54, 1.807) is 0 Å². The molecule has 1 atom stereocenters. The van der Waals surface area contributed by atoms with Crippen molar-refractivity contribution in [2.45, 2.75) is 45.4 Å². The van der Waals surface area contributed by atoms with E-state index < -0.39 is 0 Å². The highest BCUT2D eigenvalue weighted by Gasteiger charge is 2.48. The zero-order chi connectivity index (χ0) is 21.8. The van der Waals surface area contributed by atoms with Gasteiger partial charge in [0.25, 0.3) is 0 Å². The van der Waals surface area contributed by atoms with Crippen LogP contribution in [0.5, 0.6) is 0 Å². The number of benzene rings is 3. The summed E-state index contributed by atoms with van der Waals surface area (Å²) < 4.78 is 0. The topological polar surface area (TPSA) is 0 Å². The van der Waals surface area contributed by atoms with Crippen LogP contribution in [0.15, 0.2) is 103 Å². The number of unbranched alkanes of at least 4 members (excludes halogenated alkanes) is 1. The SMILES string of the molecule is C=C/C=C(\C=C/C)C1(c2ccccc2C)c2ccccc2-c2cccc(CCCC)c21. The van der Waals surface area contributed by atoms with Gasteiger partial charge in [-0.15, -0.1) is 0 Å². The Labute approximate surface area is 187 Å². The summed E-state index contributed by atoms with van der Waals surface area (Å²) in [5, 5.41) is 0. The first-order valence-corrected chi connectivity index (χ1v) is 11.4. The lowest BCUT2D eigenvalue weighted by molar-refractivity contribution is 0.725. The monoisotopic (exact) mass is 404 g/mol. The van der Waals surface area contributed by atoms with Crippen molar-refractivity contribution in [3.8, 4) is 11.1 Å². The lowest BCUT2D eigenvalue weighted by Crippen LogP contribution is -2.31. The van der Waals surface area contributed by atoms with Gasteiger partial charge < -0.3 is 0 Å². The molecule has 4 rings (SSSR count). The molecular formula is C31H32. The summed E-state index contributed by atoms with van der Waals surface area (Å²) >= 11 is 0. The lowest BCUT2D eigenvalue weighted by atomic mass is 9.64. The Kier molecular flexibility index (Phi) is 6.09. The average Bonchev–Trinajstić information content (AvgIpc) is 3.10. The molecule has 0 amide bonds. The third-order valence-electron chi connectivity index (χ3n) is 6.57. The van der Waals surface area contributed by atoms with Gasteiger partial charge in [-0.05, 0) is 71.2 Å². The van der Waals surface area contributed by atoms with Crippen molar-refractivity contribution in [1.29, 1.82) is 0 Å². The van der Waals surface area contributed by atoms with Crippen LogP contribution in [0.4, 0.5) is 0 Å². The van der Waals surface area contributed by atoms with Crippen LogP contribution in [0, 0.1) is 6.92 Å². The Morgan fingerprint density at radius 3 is 2.32 bits per heavy atom. The van der Waals surface area contributed by atoms with Gasteiger partial charge in [-0.3, -0.25) is 0 Å². The summed E-state index contributed by atoms with van der Waals surface area (Å²) in [5.41, 5.74) is 10.6. The molecule has 0 spiro atoms. The molecule has 1 aliphatic rings. The van der Waals surface area contributed by atoms with E-state index in [1.165, 1.54) is 57.4 Å². The van der Waals surface area contributed by atoms with E-state index in [-0.39, 0.29) is 5.41 Å². The van der Waals surface area contributed by atoms with Gasteiger partial charge in [0.05, 0.1) is 5.41 Å². The fourth-order valence-corrected chi connectivity index (χ4v) is 5.36. The molecule has 3 aromatic carbocycles. The minimum Gasteiger partial charge on any atom is -0.0991 e.